The van der Waals surface area contributed by atoms with Gasteiger partial charge in [-0.15, -0.1) is 0 Å². The number of rotatable bonds is 6. The first kappa shape index (κ1) is 17.0. The molecule has 25 heavy (non-hydrogen) atoms. The molecule has 128 valence electrons. The van der Waals surface area contributed by atoms with Crippen LogP contribution in [0.2, 0.25) is 0 Å². The number of carbonyl (C=O) groups excluding carboxylic acids is 2. The molecule has 8 heteroatoms. The summed E-state index contributed by atoms with van der Waals surface area (Å²) < 4.78 is 5.60. The fraction of sp³-hybridized carbons (Fsp3) is 0.176. The number of aromatic nitrogens is 1. The van der Waals surface area contributed by atoms with E-state index in [-0.39, 0.29) is 17.6 Å². The number of nitrogens with one attached hydrogen (secondary N) is 1. The van der Waals surface area contributed by atoms with Crippen molar-refractivity contribution in [3.05, 3.63) is 53.7 Å². The number of thioether (sulfide) groups is 1. The number of imide groups is 1. The van der Waals surface area contributed by atoms with E-state index in [1.54, 1.807) is 24.3 Å². The average Bonchev–Trinajstić information content (AvgIpc) is 2.88. The number of carboxylic acids is 1. The third-order valence-electron chi connectivity index (χ3n) is 3.49. The maximum absolute atomic E-state index is 11.6. The van der Waals surface area contributed by atoms with Gasteiger partial charge in [0.2, 0.25) is 11.8 Å². The molecule has 1 aliphatic heterocycles. The lowest BCUT2D eigenvalue weighted by molar-refractivity contribution is -0.136. The zero-order valence-electron chi connectivity index (χ0n) is 13.0. The lowest BCUT2D eigenvalue weighted by atomic mass is 10.1. The van der Waals surface area contributed by atoms with Crippen molar-refractivity contribution in [2.24, 2.45) is 0 Å². The molecule has 3 rings (SSSR count). The molecule has 1 aromatic heterocycles. The number of nitrogens with zero attached hydrogens (tertiary/aromatic N) is 1. The summed E-state index contributed by atoms with van der Waals surface area (Å²) in [4.78, 5) is 37.4. The second-order valence-electron chi connectivity index (χ2n) is 5.41. The summed E-state index contributed by atoms with van der Waals surface area (Å²) in [6.45, 7) is 0. The Labute approximate surface area is 147 Å². The molecule has 7 nitrogen and oxygen atoms in total. The van der Waals surface area contributed by atoms with Crippen molar-refractivity contribution in [3.8, 4) is 11.6 Å². The molecule has 0 saturated carbocycles. The van der Waals surface area contributed by atoms with Gasteiger partial charge in [0.15, 0.2) is 0 Å². The Morgan fingerprint density at radius 2 is 1.88 bits per heavy atom. The van der Waals surface area contributed by atoms with Crippen molar-refractivity contribution in [1.29, 1.82) is 0 Å². The molecule has 0 bridgehead atoms. The number of ether oxygens (including phenoxy) is 1. The molecule has 1 saturated heterocycles. The predicted octanol–water partition coefficient (Wildman–Crippen LogP) is 2.40. The molecule has 2 N–H and O–H groups in total. The third kappa shape index (κ3) is 4.57. The van der Waals surface area contributed by atoms with Crippen LogP contribution in [0.25, 0.3) is 0 Å². The van der Waals surface area contributed by atoms with E-state index >= 15 is 0 Å². The molecule has 1 aromatic carbocycles. The van der Waals surface area contributed by atoms with Crippen LogP contribution in [-0.2, 0) is 22.4 Å². The lowest BCUT2D eigenvalue weighted by Crippen LogP contribution is -2.25. The largest absolute Gasteiger partial charge is 0.481 e. The zero-order valence-corrected chi connectivity index (χ0v) is 13.8. The van der Waals surface area contributed by atoms with Crippen LogP contribution in [0.1, 0.15) is 11.1 Å². The van der Waals surface area contributed by atoms with Crippen LogP contribution in [-0.4, -0.2) is 32.5 Å². The van der Waals surface area contributed by atoms with Crippen LogP contribution in [0, 0.1) is 0 Å². The number of amides is 2. The number of carboxylic acid groups (broad SMARTS) is 1. The van der Waals surface area contributed by atoms with Crippen molar-refractivity contribution in [3.63, 3.8) is 0 Å². The maximum atomic E-state index is 11.6. The summed E-state index contributed by atoms with van der Waals surface area (Å²) in [6, 6.07) is 10.4. The van der Waals surface area contributed by atoms with Gasteiger partial charge in [-0.1, -0.05) is 30.0 Å². The van der Waals surface area contributed by atoms with E-state index in [4.69, 9.17) is 9.84 Å². The van der Waals surface area contributed by atoms with Crippen LogP contribution < -0.4 is 10.1 Å². The molecule has 0 radical (unpaired) electrons. The van der Waals surface area contributed by atoms with Crippen LogP contribution in [0.15, 0.2) is 42.6 Å². The highest BCUT2D eigenvalue weighted by Crippen LogP contribution is 2.25. The van der Waals surface area contributed by atoms with Gasteiger partial charge in [0, 0.05) is 12.3 Å². The Morgan fingerprint density at radius 3 is 2.44 bits per heavy atom. The smallest absolute Gasteiger partial charge is 0.307 e. The molecule has 1 aliphatic rings. The number of hydrogen-bond acceptors (Lipinski definition) is 6. The Kier molecular flexibility index (Phi) is 4.99. The molecule has 2 amide bonds. The standard InChI is InChI=1S/C17H14N2O5S/c20-15(21)8-11-3-6-14(18-9-11)24-12-4-1-10(2-5-12)7-13-16(22)19-17(23)25-13/h1-6,9,13H,7-8H2,(H,20,21)(H,19,22,23). The van der Waals surface area contributed by atoms with E-state index in [9.17, 15) is 14.4 Å². The highest BCUT2D eigenvalue weighted by Gasteiger charge is 2.31. The van der Waals surface area contributed by atoms with E-state index in [0.717, 1.165) is 17.3 Å². The molecule has 2 aromatic rings. The Hall–Kier alpha value is -2.87. The topological polar surface area (TPSA) is 106 Å². The molecule has 0 spiro atoms. The molecule has 2 heterocycles. The number of benzene rings is 1. The van der Waals surface area contributed by atoms with Gasteiger partial charge in [-0.25, -0.2) is 4.98 Å². The van der Waals surface area contributed by atoms with Gasteiger partial charge in [0.05, 0.1) is 11.7 Å². The number of aliphatic carboxylic acids is 1. The monoisotopic (exact) mass is 358 g/mol. The minimum absolute atomic E-state index is 0.0861. The van der Waals surface area contributed by atoms with Crippen molar-refractivity contribution in [1.82, 2.24) is 10.3 Å². The predicted molar refractivity (Wildman–Crippen MR) is 90.7 cm³/mol. The van der Waals surface area contributed by atoms with Gasteiger partial charge < -0.3 is 9.84 Å². The van der Waals surface area contributed by atoms with Crippen LogP contribution in [0.5, 0.6) is 11.6 Å². The van der Waals surface area contributed by atoms with Gasteiger partial charge in [-0.2, -0.15) is 0 Å². The van der Waals surface area contributed by atoms with Crippen molar-refractivity contribution < 1.29 is 24.2 Å². The summed E-state index contributed by atoms with van der Waals surface area (Å²) in [6.07, 6.45) is 1.84. The highest BCUT2D eigenvalue weighted by molar-refractivity contribution is 8.15. The second kappa shape index (κ2) is 7.35. The summed E-state index contributed by atoms with van der Waals surface area (Å²) >= 11 is 0.998. The molecule has 1 unspecified atom stereocenters. The third-order valence-corrected chi connectivity index (χ3v) is 4.47. The first-order chi connectivity index (χ1) is 12.0. The number of hydrogen-bond donors (Lipinski definition) is 2. The van der Waals surface area contributed by atoms with Gasteiger partial charge >= 0.3 is 5.97 Å². The van der Waals surface area contributed by atoms with Crippen LogP contribution in [0.3, 0.4) is 0 Å². The fourth-order valence-corrected chi connectivity index (χ4v) is 3.17. The zero-order chi connectivity index (χ0) is 17.8. The Balaban J connectivity index is 1.60. The number of carbonyl (C=O) groups is 3. The second-order valence-corrected chi connectivity index (χ2v) is 6.58. The first-order valence-electron chi connectivity index (χ1n) is 7.44. The fourth-order valence-electron chi connectivity index (χ4n) is 2.31. The molecule has 1 fully saturated rings. The van der Waals surface area contributed by atoms with Gasteiger partial charge in [0.1, 0.15) is 5.75 Å². The minimum Gasteiger partial charge on any atom is -0.481 e. The van der Waals surface area contributed by atoms with E-state index in [2.05, 4.69) is 10.3 Å². The SMILES string of the molecule is O=C(O)Cc1ccc(Oc2ccc(CC3SC(=O)NC3=O)cc2)nc1. The highest BCUT2D eigenvalue weighted by atomic mass is 32.2. The average molecular weight is 358 g/mol. The molecular formula is C17H14N2O5S. The van der Waals surface area contributed by atoms with Crippen molar-refractivity contribution >= 4 is 28.9 Å². The summed E-state index contributed by atoms with van der Waals surface area (Å²) in [7, 11) is 0. The Morgan fingerprint density at radius 1 is 1.16 bits per heavy atom. The van der Waals surface area contributed by atoms with E-state index in [0.29, 0.717) is 23.6 Å². The van der Waals surface area contributed by atoms with Crippen molar-refractivity contribution in [2.75, 3.05) is 0 Å². The summed E-state index contributed by atoms with van der Waals surface area (Å²) in [5, 5.41) is 10.3. The first-order valence-corrected chi connectivity index (χ1v) is 8.32. The molecule has 1 atom stereocenters. The van der Waals surface area contributed by atoms with E-state index < -0.39 is 11.2 Å². The lowest BCUT2D eigenvalue weighted by Gasteiger charge is -2.08. The minimum atomic E-state index is -0.915. The number of pyridine rings is 1. The summed E-state index contributed by atoms with van der Waals surface area (Å²) in [5.41, 5.74) is 1.51. The van der Waals surface area contributed by atoms with Gasteiger partial charge in [0.25, 0.3) is 5.24 Å². The Bertz CT molecular complexity index is 805. The van der Waals surface area contributed by atoms with E-state index in [1.165, 1.54) is 6.20 Å². The normalized spacial score (nSPS) is 16.6. The van der Waals surface area contributed by atoms with Gasteiger partial charge in [-0.05, 0) is 29.7 Å². The van der Waals surface area contributed by atoms with Gasteiger partial charge in [-0.3, -0.25) is 19.7 Å². The van der Waals surface area contributed by atoms with Crippen LogP contribution >= 0.6 is 11.8 Å². The molecular weight excluding hydrogens is 344 g/mol. The van der Waals surface area contributed by atoms with Crippen molar-refractivity contribution in [2.45, 2.75) is 18.1 Å². The van der Waals surface area contributed by atoms with E-state index in [1.807, 2.05) is 12.1 Å². The summed E-state index contributed by atoms with van der Waals surface area (Å²) in [5.74, 6) is -0.247. The maximum Gasteiger partial charge on any atom is 0.307 e. The molecule has 0 aliphatic carbocycles. The quantitative estimate of drug-likeness (QED) is 0.817. The van der Waals surface area contributed by atoms with Crippen LogP contribution in [0.4, 0.5) is 4.79 Å².